The first-order chi connectivity index (χ1) is 12.7. The molecule has 0 saturated carbocycles. The summed E-state index contributed by atoms with van der Waals surface area (Å²) in [5.74, 6) is -0.514. The normalized spacial score (nSPS) is 25.6. The Morgan fingerprint density at radius 2 is 2.35 bits per heavy atom. The van der Waals surface area contributed by atoms with Crippen molar-refractivity contribution in [3.05, 3.63) is 35.9 Å². The molecule has 0 aromatic carbocycles. The Morgan fingerprint density at radius 1 is 1.52 bits per heavy atom. The highest BCUT2D eigenvalue weighted by Crippen LogP contribution is 2.33. The van der Waals surface area contributed by atoms with Gasteiger partial charge in [0, 0.05) is 21.8 Å². The number of hydrogen-bond donors (Lipinski definition) is 0. The molecule has 1 atom stereocenters. The molecule has 0 bridgehead atoms. The fourth-order valence-electron chi connectivity index (χ4n) is 2.36. The van der Waals surface area contributed by atoms with Gasteiger partial charge in [-0.25, -0.2) is 4.39 Å². The minimum Gasteiger partial charge on any atom is -0.270 e. The van der Waals surface area contributed by atoms with Crippen LogP contribution in [0.25, 0.3) is 11.4 Å². The smallest absolute Gasteiger partial charge is 0.264 e. The molecule has 0 radical (unpaired) electrons. The van der Waals surface area contributed by atoms with E-state index in [1.165, 1.54) is 16.8 Å². The molecule has 23 heavy (non-hydrogen) atoms. The number of fused-ring (bicyclic) bond motifs is 1. The van der Waals surface area contributed by atoms with Crippen LogP contribution < -0.4 is 0 Å². The Labute approximate surface area is 141 Å². The summed E-state index contributed by atoms with van der Waals surface area (Å²) in [4.78, 5) is 3.93. The van der Waals surface area contributed by atoms with Gasteiger partial charge < -0.3 is 0 Å². The van der Waals surface area contributed by atoms with Crippen molar-refractivity contribution in [2.45, 2.75) is 26.2 Å². The third-order valence-electron chi connectivity index (χ3n) is 3.47. The first-order valence-corrected chi connectivity index (χ1v) is 8.65. The van der Waals surface area contributed by atoms with Crippen molar-refractivity contribution in [2.24, 2.45) is 5.41 Å². The first-order valence-electron chi connectivity index (χ1n) is 9.33. The van der Waals surface area contributed by atoms with Crippen LogP contribution in [0.15, 0.2) is 24.4 Å². The molecule has 1 unspecified atom stereocenters. The van der Waals surface area contributed by atoms with E-state index in [-0.39, 0.29) is 12.8 Å². The van der Waals surface area contributed by atoms with Crippen LogP contribution in [0.3, 0.4) is 0 Å². The standard InChI is InChI=1S/C15H18FN3O3S/c1-15(10-22-23(2,20)21)6-5-12-7-14(18-19(12)9-15)13-4-3-11(16)8-17-13/h3-4,7-8H,5-6,9-10H2,1-2H3/i1D3,10D2. The van der Waals surface area contributed by atoms with Crippen LogP contribution in [0.5, 0.6) is 0 Å². The molecule has 0 amide bonds. The van der Waals surface area contributed by atoms with Crippen LogP contribution in [0.1, 0.15) is 25.8 Å². The maximum Gasteiger partial charge on any atom is 0.264 e. The van der Waals surface area contributed by atoms with Gasteiger partial charge in [-0.3, -0.25) is 13.8 Å². The van der Waals surface area contributed by atoms with E-state index >= 15 is 0 Å². The molecule has 6 nitrogen and oxygen atoms in total. The highest BCUT2D eigenvalue weighted by atomic mass is 32.2. The monoisotopic (exact) mass is 344 g/mol. The van der Waals surface area contributed by atoms with E-state index in [1.54, 1.807) is 6.07 Å². The zero-order chi connectivity index (χ0) is 21.0. The molecule has 2 aromatic rings. The summed E-state index contributed by atoms with van der Waals surface area (Å²) in [5.41, 5.74) is -0.745. The molecule has 1 aliphatic heterocycles. The number of aromatic nitrogens is 3. The van der Waals surface area contributed by atoms with E-state index in [1.807, 2.05) is 0 Å². The molecular formula is C15H18FN3O3S. The van der Waals surface area contributed by atoms with Crippen molar-refractivity contribution in [2.75, 3.05) is 12.8 Å². The fraction of sp³-hybridized carbons (Fsp3) is 0.467. The van der Waals surface area contributed by atoms with Gasteiger partial charge in [0.1, 0.15) is 11.5 Å². The summed E-state index contributed by atoms with van der Waals surface area (Å²) in [6.45, 7) is -6.26. The molecule has 124 valence electrons. The summed E-state index contributed by atoms with van der Waals surface area (Å²) in [6.07, 6.45) is 1.66. The van der Waals surface area contributed by atoms with Gasteiger partial charge >= 0.3 is 0 Å². The lowest BCUT2D eigenvalue weighted by Crippen LogP contribution is -2.35. The lowest BCUT2D eigenvalue weighted by Gasteiger charge is -2.33. The Kier molecular flexibility index (Phi) is 2.69. The molecule has 0 N–H and O–H groups in total. The molecule has 3 heterocycles. The third kappa shape index (κ3) is 3.76. The Bertz CT molecular complexity index is 991. The van der Waals surface area contributed by atoms with Gasteiger partial charge in [0.05, 0.1) is 27.4 Å². The summed E-state index contributed by atoms with van der Waals surface area (Å²) in [6, 6.07) is 4.30. The van der Waals surface area contributed by atoms with Crippen molar-refractivity contribution >= 4 is 10.1 Å². The maximum absolute atomic E-state index is 13.1. The second-order valence-electron chi connectivity index (χ2n) is 5.51. The van der Waals surface area contributed by atoms with Crippen molar-refractivity contribution in [3.63, 3.8) is 0 Å². The van der Waals surface area contributed by atoms with E-state index in [9.17, 15) is 12.8 Å². The largest absolute Gasteiger partial charge is 0.270 e. The van der Waals surface area contributed by atoms with E-state index in [4.69, 9.17) is 6.85 Å². The van der Waals surface area contributed by atoms with Gasteiger partial charge in [-0.05, 0) is 31.0 Å². The molecule has 1 aliphatic rings. The van der Waals surface area contributed by atoms with E-state index < -0.39 is 41.3 Å². The molecular weight excluding hydrogens is 321 g/mol. The van der Waals surface area contributed by atoms with Gasteiger partial charge in [-0.2, -0.15) is 13.5 Å². The minimum absolute atomic E-state index is 0.138. The van der Waals surface area contributed by atoms with E-state index in [0.29, 0.717) is 23.3 Å². The lowest BCUT2D eigenvalue weighted by molar-refractivity contribution is 0.116. The molecule has 3 rings (SSSR count). The van der Waals surface area contributed by atoms with Crippen LogP contribution in [-0.4, -0.2) is 36.0 Å². The number of rotatable bonds is 4. The van der Waals surface area contributed by atoms with E-state index in [0.717, 1.165) is 6.20 Å². The van der Waals surface area contributed by atoms with Gasteiger partial charge in [0.2, 0.25) is 0 Å². The van der Waals surface area contributed by atoms with Crippen molar-refractivity contribution < 1.29 is 23.8 Å². The number of halogens is 1. The van der Waals surface area contributed by atoms with Crippen LogP contribution >= 0.6 is 0 Å². The predicted molar refractivity (Wildman–Crippen MR) is 82.6 cm³/mol. The lowest BCUT2D eigenvalue weighted by atomic mass is 9.83. The highest BCUT2D eigenvalue weighted by Gasteiger charge is 2.32. The van der Waals surface area contributed by atoms with Crippen LogP contribution in [0.2, 0.25) is 0 Å². The van der Waals surface area contributed by atoms with E-state index in [2.05, 4.69) is 14.3 Å². The van der Waals surface area contributed by atoms with Crippen molar-refractivity contribution in [3.8, 4) is 11.4 Å². The first kappa shape index (κ1) is 10.9. The molecule has 0 fully saturated rings. The van der Waals surface area contributed by atoms with Crippen LogP contribution in [-0.2, 0) is 27.3 Å². The zero-order valence-corrected chi connectivity index (χ0v) is 13.1. The number of pyridine rings is 1. The highest BCUT2D eigenvalue weighted by molar-refractivity contribution is 7.85. The minimum atomic E-state index is -4.25. The predicted octanol–water partition coefficient (Wildman–Crippen LogP) is 2.01. The zero-order valence-electron chi connectivity index (χ0n) is 17.3. The second-order valence-corrected chi connectivity index (χ2v) is 7.09. The van der Waals surface area contributed by atoms with Crippen molar-refractivity contribution in [1.82, 2.24) is 14.8 Å². The summed E-state index contributed by atoms with van der Waals surface area (Å²) in [7, 11) is -4.25. The molecule has 2 aromatic heterocycles. The quantitative estimate of drug-likeness (QED) is 0.793. The molecule has 0 saturated heterocycles. The second kappa shape index (κ2) is 5.68. The SMILES string of the molecule is [2H]C([2H])([2H])C1(C([2H])([2H])OS(C)(=O)=O)CCc2cc(-c3ccc(F)cn3)nn2C1. The molecule has 0 spiro atoms. The molecule has 0 aliphatic carbocycles. The van der Waals surface area contributed by atoms with Gasteiger partial charge in [-0.1, -0.05) is 6.85 Å². The Hall–Kier alpha value is -1.80. The summed E-state index contributed by atoms with van der Waals surface area (Å²) in [5, 5.41) is 4.28. The summed E-state index contributed by atoms with van der Waals surface area (Å²) < 4.78 is 81.9. The topological polar surface area (TPSA) is 74.1 Å². The average molecular weight is 344 g/mol. The Balaban J connectivity index is 2.03. The van der Waals surface area contributed by atoms with Crippen LogP contribution in [0.4, 0.5) is 4.39 Å². The maximum atomic E-state index is 13.1. The molecule has 8 heteroatoms. The average Bonchev–Trinajstić information content (AvgIpc) is 2.94. The van der Waals surface area contributed by atoms with Crippen LogP contribution in [0, 0.1) is 11.2 Å². The fourth-order valence-corrected chi connectivity index (χ4v) is 2.67. The van der Waals surface area contributed by atoms with Crippen molar-refractivity contribution in [1.29, 1.82) is 0 Å². The Morgan fingerprint density at radius 3 is 3.00 bits per heavy atom. The van der Waals surface area contributed by atoms with Gasteiger partial charge in [0.15, 0.2) is 0 Å². The van der Waals surface area contributed by atoms with Gasteiger partial charge in [0.25, 0.3) is 10.1 Å². The van der Waals surface area contributed by atoms with Gasteiger partial charge in [-0.15, -0.1) is 0 Å². The third-order valence-corrected chi connectivity index (χ3v) is 3.86. The number of hydrogen-bond acceptors (Lipinski definition) is 5. The summed E-state index contributed by atoms with van der Waals surface area (Å²) >= 11 is 0. The number of aryl methyl sites for hydroxylation is 1. The number of nitrogens with zero attached hydrogens (tertiary/aromatic N) is 3.